The largest absolute Gasteiger partial charge is 0.361 e. The van der Waals surface area contributed by atoms with Crippen molar-refractivity contribution in [3.8, 4) is 0 Å². The molecule has 0 spiro atoms. The number of nitrogens with one attached hydrogen (secondary N) is 1. The molecule has 2 rings (SSSR count). The fraction of sp³-hybridized carbons (Fsp3) is 0.357. The standard InChI is InChI=1S/C14H17BrN2O/c1-9(12-6-4-5-7-14(12)15)16-8-13-10(2)17-18-11(13)3/h4-7,9,16H,8H2,1-3H3/t9-/m0/s1. The molecule has 1 atom stereocenters. The SMILES string of the molecule is Cc1noc(C)c1CN[C@@H](C)c1ccccc1Br. The third-order valence-corrected chi connectivity index (χ3v) is 3.86. The van der Waals surface area contributed by atoms with E-state index in [2.05, 4.69) is 45.5 Å². The van der Waals surface area contributed by atoms with Crippen LogP contribution in [0, 0.1) is 13.8 Å². The molecule has 0 amide bonds. The van der Waals surface area contributed by atoms with Gasteiger partial charge in [-0.1, -0.05) is 39.3 Å². The number of aryl methyl sites for hydroxylation is 2. The highest BCUT2D eigenvalue weighted by atomic mass is 79.9. The van der Waals surface area contributed by atoms with Crippen molar-refractivity contribution in [3.05, 3.63) is 51.3 Å². The van der Waals surface area contributed by atoms with Crippen molar-refractivity contribution < 1.29 is 4.52 Å². The van der Waals surface area contributed by atoms with E-state index < -0.39 is 0 Å². The number of aromatic nitrogens is 1. The maximum atomic E-state index is 5.16. The van der Waals surface area contributed by atoms with Crippen LogP contribution in [0.25, 0.3) is 0 Å². The van der Waals surface area contributed by atoms with Gasteiger partial charge in [0.05, 0.1) is 5.69 Å². The molecule has 18 heavy (non-hydrogen) atoms. The van der Waals surface area contributed by atoms with Gasteiger partial charge in [-0.2, -0.15) is 0 Å². The van der Waals surface area contributed by atoms with Gasteiger partial charge in [0.2, 0.25) is 0 Å². The Kier molecular flexibility index (Phi) is 4.19. The van der Waals surface area contributed by atoms with Crippen LogP contribution in [0.1, 0.15) is 35.5 Å². The van der Waals surface area contributed by atoms with E-state index in [4.69, 9.17) is 4.52 Å². The maximum absolute atomic E-state index is 5.16. The lowest BCUT2D eigenvalue weighted by molar-refractivity contribution is 0.391. The van der Waals surface area contributed by atoms with Gasteiger partial charge in [-0.3, -0.25) is 0 Å². The second-order valence-electron chi connectivity index (χ2n) is 4.43. The smallest absolute Gasteiger partial charge is 0.138 e. The number of rotatable bonds is 4. The predicted molar refractivity (Wildman–Crippen MR) is 75.4 cm³/mol. The van der Waals surface area contributed by atoms with E-state index in [1.807, 2.05) is 26.0 Å². The molecular formula is C14H17BrN2O. The molecule has 1 heterocycles. The van der Waals surface area contributed by atoms with E-state index in [0.29, 0.717) is 0 Å². The van der Waals surface area contributed by atoms with Crippen LogP contribution in [0.5, 0.6) is 0 Å². The molecule has 0 saturated heterocycles. The van der Waals surface area contributed by atoms with Gasteiger partial charge in [0.15, 0.2) is 0 Å². The van der Waals surface area contributed by atoms with Crippen molar-refractivity contribution in [2.24, 2.45) is 0 Å². The fourth-order valence-electron chi connectivity index (χ4n) is 1.95. The van der Waals surface area contributed by atoms with Crippen LogP contribution < -0.4 is 5.32 Å². The minimum atomic E-state index is 0.272. The Morgan fingerprint density at radius 1 is 1.33 bits per heavy atom. The number of hydrogen-bond acceptors (Lipinski definition) is 3. The number of nitrogens with zero attached hydrogens (tertiary/aromatic N) is 1. The van der Waals surface area contributed by atoms with Gasteiger partial charge in [-0.25, -0.2) is 0 Å². The zero-order valence-corrected chi connectivity index (χ0v) is 12.4. The summed E-state index contributed by atoms with van der Waals surface area (Å²) < 4.78 is 6.29. The quantitative estimate of drug-likeness (QED) is 0.930. The molecule has 0 bridgehead atoms. The van der Waals surface area contributed by atoms with E-state index in [9.17, 15) is 0 Å². The van der Waals surface area contributed by atoms with Gasteiger partial charge in [0, 0.05) is 22.6 Å². The lowest BCUT2D eigenvalue weighted by Crippen LogP contribution is -2.19. The fourth-order valence-corrected chi connectivity index (χ4v) is 2.57. The lowest BCUT2D eigenvalue weighted by atomic mass is 10.1. The first-order valence-corrected chi connectivity index (χ1v) is 6.78. The molecule has 96 valence electrons. The Labute approximate surface area is 116 Å². The Balaban J connectivity index is 2.05. The summed E-state index contributed by atoms with van der Waals surface area (Å²) in [5, 5.41) is 7.45. The van der Waals surface area contributed by atoms with Crippen LogP contribution in [-0.4, -0.2) is 5.16 Å². The molecule has 3 nitrogen and oxygen atoms in total. The first-order valence-electron chi connectivity index (χ1n) is 5.99. The predicted octanol–water partition coefficient (Wildman–Crippen LogP) is 3.90. The molecule has 0 unspecified atom stereocenters. The van der Waals surface area contributed by atoms with Crippen molar-refractivity contribution in [2.45, 2.75) is 33.4 Å². The summed E-state index contributed by atoms with van der Waals surface area (Å²) in [4.78, 5) is 0. The molecule has 2 aromatic rings. The van der Waals surface area contributed by atoms with Crippen molar-refractivity contribution in [1.82, 2.24) is 10.5 Å². The van der Waals surface area contributed by atoms with E-state index in [0.717, 1.165) is 28.0 Å². The van der Waals surface area contributed by atoms with Crippen molar-refractivity contribution in [3.63, 3.8) is 0 Å². The summed E-state index contributed by atoms with van der Waals surface area (Å²) in [5.41, 5.74) is 3.36. The number of hydrogen-bond donors (Lipinski definition) is 1. The van der Waals surface area contributed by atoms with Crippen LogP contribution in [0.15, 0.2) is 33.3 Å². The lowest BCUT2D eigenvalue weighted by Gasteiger charge is -2.15. The van der Waals surface area contributed by atoms with Crippen LogP contribution >= 0.6 is 15.9 Å². The molecule has 0 saturated carbocycles. The Bertz CT molecular complexity index is 517. The molecule has 1 aromatic heterocycles. The molecule has 0 aliphatic heterocycles. The van der Waals surface area contributed by atoms with Crippen molar-refractivity contribution in [1.29, 1.82) is 0 Å². The maximum Gasteiger partial charge on any atom is 0.138 e. The molecule has 1 aromatic carbocycles. The third-order valence-electron chi connectivity index (χ3n) is 3.14. The first-order chi connectivity index (χ1) is 8.59. The monoisotopic (exact) mass is 308 g/mol. The zero-order chi connectivity index (χ0) is 13.1. The Hall–Kier alpha value is -1.13. The van der Waals surface area contributed by atoms with Crippen molar-refractivity contribution >= 4 is 15.9 Å². The molecule has 0 aliphatic carbocycles. The topological polar surface area (TPSA) is 38.1 Å². The van der Waals surface area contributed by atoms with Gasteiger partial charge in [0.25, 0.3) is 0 Å². The molecule has 0 fully saturated rings. The minimum Gasteiger partial charge on any atom is -0.361 e. The summed E-state index contributed by atoms with van der Waals surface area (Å²) in [6, 6.07) is 8.52. The summed E-state index contributed by atoms with van der Waals surface area (Å²) in [7, 11) is 0. The summed E-state index contributed by atoms with van der Waals surface area (Å²) in [5.74, 6) is 0.888. The third kappa shape index (κ3) is 2.82. The van der Waals surface area contributed by atoms with Gasteiger partial charge in [-0.15, -0.1) is 0 Å². The average molecular weight is 309 g/mol. The molecule has 0 aliphatic rings. The van der Waals surface area contributed by atoms with Crippen LogP contribution in [-0.2, 0) is 6.54 Å². The van der Waals surface area contributed by atoms with E-state index in [-0.39, 0.29) is 6.04 Å². The second kappa shape index (κ2) is 5.67. The molecule has 1 N–H and O–H groups in total. The minimum absolute atomic E-state index is 0.272. The summed E-state index contributed by atoms with van der Waals surface area (Å²) >= 11 is 3.57. The number of benzene rings is 1. The Morgan fingerprint density at radius 3 is 2.67 bits per heavy atom. The van der Waals surface area contributed by atoms with Gasteiger partial charge >= 0.3 is 0 Å². The molecule has 0 radical (unpaired) electrons. The first kappa shape index (κ1) is 13.3. The van der Waals surface area contributed by atoms with Gasteiger partial charge < -0.3 is 9.84 Å². The normalized spacial score (nSPS) is 12.7. The Morgan fingerprint density at radius 2 is 2.06 bits per heavy atom. The summed E-state index contributed by atoms with van der Waals surface area (Å²) in [6.45, 7) is 6.83. The van der Waals surface area contributed by atoms with Crippen LogP contribution in [0.4, 0.5) is 0 Å². The van der Waals surface area contributed by atoms with E-state index in [1.165, 1.54) is 5.56 Å². The number of halogens is 1. The highest BCUT2D eigenvalue weighted by Crippen LogP contribution is 2.23. The van der Waals surface area contributed by atoms with Crippen molar-refractivity contribution in [2.75, 3.05) is 0 Å². The van der Waals surface area contributed by atoms with Crippen LogP contribution in [0.3, 0.4) is 0 Å². The zero-order valence-electron chi connectivity index (χ0n) is 10.8. The summed E-state index contributed by atoms with van der Waals surface area (Å²) in [6.07, 6.45) is 0. The molecule has 4 heteroatoms. The van der Waals surface area contributed by atoms with Crippen LogP contribution in [0.2, 0.25) is 0 Å². The highest BCUT2D eigenvalue weighted by Gasteiger charge is 2.12. The van der Waals surface area contributed by atoms with E-state index in [1.54, 1.807) is 0 Å². The second-order valence-corrected chi connectivity index (χ2v) is 5.28. The average Bonchev–Trinajstić information content (AvgIpc) is 2.67. The van der Waals surface area contributed by atoms with Gasteiger partial charge in [-0.05, 0) is 32.4 Å². The van der Waals surface area contributed by atoms with Gasteiger partial charge in [0.1, 0.15) is 5.76 Å². The highest BCUT2D eigenvalue weighted by molar-refractivity contribution is 9.10. The molecular weight excluding hydrogens is 292 g/mol. The van der Waals surface area contributed by atoms with E-state index >= 15 is 0 Å².